The largest absolute Gasteiger partial charge is 0.480 e. The van der Waals surface area contributed by atoms with Crippen molar-refractivity contribution in [3.63, 3.8) is 0 Å². The summed E-state index contributed by atoms with van der Waals surface area (Å²) in [4.78, 5) is 10.3. The van der Waals surface area contributed by atoms with E-state index in [1.807, 2.05) is 0 Å². The van der Waals surface area contributed by atoms with Gasteiger partial charge in [-0.3, -0.25) is 10.1 Å². The van der Waals surface area contributed by atoms with Crippen LogP contribution in [-0.2, 0) is 9.53 Å². The van der Waals surface area contributed by atoms with Crippen LogP contribution in [0.15, 0.2) is 0 Å². The van der Waals surface area contributed by atoms with Crippen LogP contribution in [0.1, 0.15) is 0 Å². The van der Waals surface area contributed by atoms with Crippen molar-refractivity contribution in [3.8, 4) is 0 Å². The third-order valence-electron chi connectivity index (χ3n) is 2.35. The van der Waals surface area contributed by atoms with E-state index in [0.717, 1.165) is 0 Å². The molecule has 0 aliphatic carbocycles. The molecule has 0 bridgehead atoms. The average Bonchev–Trinajstić information content (AvgIpc) is 2.25. The molecule has 94 valence electrons. The molecule has 6 N–H and O–H groups in total. The number of ether oxygens (including phenoxy) is 1. The first-order chi connectivity index (χ1) is 7.47. The first-order valence-corrected chi connectivity index (χ1v) is 4.73. The monoisotopic (exact) mass is 237 g/mol. The molecule has 0 saturated carbocycles. The number of aliphatic hydroxyl groups excluding tert-OH is 4. The van der Waals surface area contributed by atoms with Crippen LogP contribution in [0.25, 0.3) is 0 Å². The average molecular weight is 237 g/mol. The quantitative estimate of drug-likeness (QED) is 0.295. The highest BCUT2D eigenvalue weighted by molar-refractivity contribution is 5.69. The van der Waals surface area contributed by atoms with E-state index in [4.69, 9.17) is 14.9 Å². The van der Waals surface area contributed by atoms with Crippen molar-refractivity contribution < 1.29 is 35.1 Å². The third kappa shape index (κ3) is 2.88. The topological polar surface area (TPSA) is 139 Å². The number of aliphatic hydroxyl groups is 4. The number of carboxylic acid groups (broad SMARTS) is 1. The molecule has 8 heteroatoms. The van der Waals surface area contributed by atoms with Crippen molar-refractivity contribution in [2.24, 2.45) is 0 Å². The fourth-order valence-corrected chi connectivity index (χ4v) is 1.46. The zero-order valence-electron chi connectivity index (χ0n) is 8.35. The highest BCUT2D eigenvalue weighted by Crippen LogP contribution is 2.19. The van der Waals surface area contributed by atoms with Crippen LogP contribution in [0.3, 0.4) is 0 Å². The van der Waals surface area contributed by atoms with Crippen molar-refractivity contribution in [2.75, 3.05) is 13.2 Å². The van der Waals surface area contributed by atoms with Gasteiger partial charge in [0.2, 0.25) is 0 Å². The van der Waals surface area contributed by atoms with Crippen LogP contribution in [0.5, 0.6) is 0 Å². The van der Waals surface area contributed by atoms with E-state index in [2.05, 4.69) is 5.32 Å². The summed E-state index contributed by atoms with van der Waals surface area (Å²) in [5.41, 5.74) is 0. The van der Waals surface area contributed by atoms with Gasteiger partial charge in [0, 0.05) is 0 Å². The minimum absolute atomic E-state index is 0.470. The van der Waals surface area contributed by atoms with Gasteiger partial charge >= 0.3 is 5.97 Å². The molecule has 1 rings (SSSR count). The van der Waals surface area contributed by atoms with Crippen molar-refractivity contribution in [1.29, 1.82) is 0 Å². The molecule has 1 fully saturated rings. The van der Waals surface area contributed by atoms with Gasteiger partial charge < -0.3 is 30.3 Å². The highest BCUT2D eigenvalue weighted by atomic mass is 16.6. The summed E-state index contributed by atoms with van der Waals surface area (Å²) in [6, 6.07) is 0. The van der Waals surface area contributed by atoms with E-state index in [1.165, 1.54) is 0 Å². The second-order valence-electron chi connectivity index (χ2n) is 3.52. The van der Waals surface area contributed by atoms with Crippen molar-refractivity contribution >= 4 is 5.97 Å². The van der Waals surface area contributed by atoms with E-state index in [9.17, 15) is 20.1 Å². The summed E-state index contributed by atoms with van der Waals surface area (Å²) in [6.07, 6.45) is -6.59. The maximum Gasteiger partial charge on any atom is 0.317 e. The Balaban J connectivity index is 2.60. The summed E-state index contributed by atoms with van der Waals surface area (Å²) in [5, 5.41) is 47.8. The van der Waals surface area contributed by atoms with Gasteiger partial charge in [-0.15, -0.1) is 0 Å². The maximum atomic E-state index is 10.3. The normalized spacial score (nSPS) is 39.6. The lowest BCUT2D eigenvalue weighted by molar-refractivity contribution is -0.236. The summed E-state index contributed by atoms with van der Waals surface area (Å²) in [6.45, 7) is -1.01. The van der Waals surface area contributed by atoms with Crippen molar-refractivity contribution in [3.05, 3.63) is 0 Å². The standard InChI is InChI=1S/C8H15NO7/c10-2-3-5(13)6(14)7(15)8(16-3)9-1-4(11)12/h3,5-10,13-15H,1-2H2,(H,11,12). The summed E-state index contributed by atoms with van der Waals surface area (Å²) >= 11 is 0. The molecule has 5 unspecified atom stereocenters. The van der Waals surface area contributed by atoms with Gasteiger partial charge in [-0.1, -0.05) is 0 Å². The third-order valence-corrected chi connectivity index (χ3v) is 2.35. The molecule has 0 aromatic carbocycles. The Bertz CT molecular complexity index is 247. The van der Waals surface area contributed by atoms with Crippen LogP contribution < -0.4 is 5.32 Å². The van der Waals surface area contributed by atoms with Crippen LogP contribution >= 0.6 is 0 Å². The van der Waals surface area contributed by atoms with Gasteiger partial charge in [0.05, 0.1) is 13.2 Å². The Hall–Kier alpha value is -0.770. The SMILES string of the molecule is O=C(O)CNC1OC(CO)C(O)C(O)C1O. The number of rotatable bonds is 4. The minimum atomic E-state index is -1.50. The number of hydrogen-bond acceptors (Lipinski definition) is 7. The van der Waals surface area contributed by atoms with Gasteiger partial charge in [0.1, 0.15) is 30.6 Å². The second-order valence-corrected chi connectivity index (χ2v) is 3.52. The first kappa shape index (κ1) is 13.3. The smallest absolute Gasteiger partial charge is 0.317 e. The Kier molecular flexibility index (Phi) is 4.59. The fraction of sp³-hybridized carbons (Fsp3) is 0.875. The number of hydrogen-bond donors (Lipinski definition) is 6. The van der Waals surface area contributed by atoms with Gasteiger partial charge in [0.15, 0.2) is 0 Å². The van der Waals surface area contributed by atoms with Crippen molar-refractivity contribution in [2.45, 2.75) is 30.6 Å². The number of aliphatic carboxylic acids is 1. The minimum Gasteiger partial charge on any atom is -0.480 e. The maximum absolute atomic E-state index is 10.3. The van der Waals surface area contributed by atoms with Gasteiger partial charge in [-0.05, 0) is 0 Å². The van der Waals surface area contributed by atoms with Crippen LogP contribution in [0.2, 0.25) is 0 Å². The van der Waals surface area contributed by atoms with Crippen LogP contribution in [-0.4, -0.2) is 75.3 Å². The molecule has 8 nitrogen and oxygen atoms in total. The first-order valence-electron chi connectivity index (χ1n) is 4.73. The number of carbonyl (C=O) groups is 1. The van der Waals surface area contributed by atoms with Crippen LogP contribution in [0.4, 0.5) is 0 Å². The highest BCUT2D eigenvalue weighted by Gasteiger charge is 2.43. The van der Waals surface area contributed by atoms with E-state index >= 15 is 0 Å². The van der Waals surface area contributed by atoms with Gasteiger partial charge in [-0.25, -0.2) is 0 Å². The Labute approximate surface area is 91.1 Å². The summed E-state index contributed by atoms with van der Waals surface area (Å²) < 4.78 is 5.00. The Morgan fingerprint density at radius 2 is 1.81 bits per heavy atom. The lowest BCUT2D eigenvalue weighted by atomic mass is 9.98. The van der Waals surface area contributed by atoms with E-state index in [0.29, 0.717) is 0 Å². The molecule has 0 amide bonds. The number of nitrogens with one attached hydrogen (secondary N) is 1. The molecule has 1 aliphatic heterocycles. The second kappa shape index (κ2) is 5.53. The van der Waals surface area contributed by atoms with E-state index in [1.54, 1.807) is 0 Å². The van der Waals surface area contributed by atoms with E-state index in [-0.39, 0.29) is 0 Å². The molecule has 1 saturated heterocycles. The fourth-order valence-electron chi connectivity index (χ4n) is 1.46. The molecule has 1 aliphatic rings. The predicted octanol–water partition coefficient (Wildman–Crippen LogP) is -3.54. The molecular formula is C8H15NO7. The van der Waals surface area contributed by atoms with Gasteiger partial charge in [-0.2, -0.15) is 0 Å². The zero-order valence-corrected chi connectivity index (χ0v) is 8.35. The lowest BCUT2D eigenvalue weighted by Crippen LogP contribution is -2.62. The molecule has 0 spiro atoms. The van der Waals surface area contributed by atoms with E-state index < -0.39 is 49.8 Å². The Morgan fingerprint density at radius 3 is 2.31 bits per heavy atom. The molecule has 5 atom stereocenters. The zero-order chi connectivity index (χ0) is 12.3. The number of carboxylic acids is 1. The molecule has 0 aromatic heterocycles. The van der Waals surface area contributed by atoms with Crippen molar-refractivity contribution in [1.82, 2.24) is 5.32 Å². The molecule has 0 radical (unpaired) electrons. The predicted molar refractivity (Wildman–Crippen MR) is 49.4 cm³/mol. The molecular weight excluding hydrogens is 222 g/mol. The Morgan fingerprint density at radius 1 is 1.19 bits per heavy atom. The summed E-state index contributed by atoms with van der Waals surface area (Å²) in [5.74, 6) is -1.16. The van der Waals surface area contributed by atoms with Gasteiger partial charge in [0.25, 0.3) is 0 Å². The molecule has 16 heavy (non-hydrogen) atoms. The lowest BCUT2D eigenvalue weighted by Gasteiger charge is -2.40. The molecule has 0 aromatic rings. The molecule has 1 heterocycles. The summed E-state index contributed by atoms with van der Waals surface area (Å²) in [7, 11) is 0. The van der Waals surface area contributed by atoms with Crippen LogP contribution in [0, 0.1) is 0 Å².